The zero-order chi connectivity index (χ0) is 17.2. The number of rotatable bonds is 4. The maximum Gasteiger partial charge on any atom is 0.573 e. The number of hydrogen-bond donors (Lipinski definition) is 0. The lowest BCUT2D eigenvalue weighted by molar-refractivity contribution is -0.274. The van der Waals surface area contributed by atoms with E-state index in [9.17, 15) is 18.0 Å². The molecule has 0 fully saturated rings. The zero-order valence-electron chi connectivity index (χ0n) is 12.8. The predicted molar refractivity (Wildman–Crippen MR) is 85.0 cm³/mol. The standard InChI is InChI=1S/C19H15F3O2/c20-19(21,22)24-17-9-4-13(5-10-17)6-11-18(23)16-8-7-14-2-1-3-15(14)12-16/h4-12H,1-3H2. The number of halogens is 3. The summed E-state index contributed by atoms with van der Waals surface area (Å²) >= 11 is 0. The molecule has 3 rings (SSSR count). The number of aryl methyl sites for hydroxylation is 2. The average molecular weight is 332 g/mol. The quantitative estimate of drug-likeness (QED) is 0.584. The highest BCUT2D eigenvalue weighted by molar-refractivity contribution is 6.07. The minimum Gasteiger partial charge on any atom is -0.406 e. The molecule has 2 aromatic carbocycles. The Bertz CT molecular complexity index is 774. The summed E-state index contributed by atoms with van der Waals surface area (Å²) in [6, 6.07) is 11.1. The van der Waals surface area contributed by atoms with Gasteiger partial charge in [0.05, 0.1) is 0 Å². The summed E-state index contributed by atoms with van der Waals surface area (Å²) in [6.45, 7) is 0. The van der Waals surface area contributed by atoms with Crippen molar-refractivity contribution in [2.45, 2.75) is 25.6 Å². The second-order valence-electron chi connectivity index (χ2n) is 5.65. The topological polar surface area (TPSA) is 26.3 Å². The Morgan fingerprint density at radius 3 is 2.42 bits per heavy atom. The van der Waals surface area contributed by atoms with E-state index >= 15 is 0 Å². The van der Waals surface area contributed by atoms with E-state index in [1.807, 2.05) is 18.2 Å². The minimum atomic E-state index is -4.71. The van der Waals surface area contributed by atoms with Gasteiger partial charge < -0.3 is 4.74 Å². The second-order valence-corrected chi connectivity index (χ2v) is 5.65. The molecular weight excluding hydrogens is 317 g/mol. The van der Waals surface area contributed by atoms with Gasteiger partial charge in [-0.15, -0.1) is 13.2 Å². The largest absolute Gasteiger partial charge is 0.573 e. The first-order valence-corrected chi connectivity index (χ1v) is 7.61. The van der Waals surface area contributed by atoms with E-state index in [4.69, 9.17) is 0 Å². The van der Waals surface area contributed by atoms with Crippen LogP contribution in [0.3, 0.4) is 0 Å². The Hall–Kier alpha value is -2.56. The lowest BCUT2D eigenvalue weighted by atomic mass is 10.0. The van der Waals surface area contributed by atoms with Gasteiger partial charge in [-0.3, -0.25) is 4.79 Å². The van der Waals surface area contributed by atoms with Crippen molar-refractivity contribution in [3.63, 3.8) is 0 Å². The fourth-order valence-electron chi connectivity index (χ4n) is 2.77. The first kappa shape index (κ1) is 16.3. The van der Waals surface area contributed by atoms with Crippen LogP contribution in [0.5, 0.6) is 5.75 Å². The van der Waals surface area contributed by atoms with Crippen molar-refractivity contribution in [2.24, 2.45) is 0 Å². The molecule has 5 heteroatoms. The molecule has 0 unspecified atom stereocenters. The van der Waals surface area contributed by atoms with Crippen molar-refractivity contribution in [1.82, 2.24) is 0 Å². The Labute approximate surface area is 137 Å². The molecule has 1 aliphatic carbocycles. The third kappa shape index (κ3) is 4.04. The summed E-state index contributed by atoms with van der Waals surface area (Å²) in [4.78, 5) is 12.2. The molecule has 0 aromatic heterocycles. The van der Waals surface area contributed by atoms with Crippen LogP contribution in [0, 0.1) is 0 Å². The van der Waals surface area contributed by atoms with Gasteiger partial charge in [-0.05, 0) is 60.2 Å². The molecular formula is C19H15F3O2. The van der Waals surface area contributed by atoms with Crippen LogP contribution in [0.25, 0.3) is 6.08 Å². The van der Waals surface area contributed by atoms with E-state index in [0.717, 1.165) is 19.3 Å². The number of ketones is 1. The third-order valence-corrected chi connectivity index (χ3v) is 3.92. The number of hydrogen-bond acceptors (Lipinski definition) is 2. The lowest BCUT2D eigenvalue weighted by Gasteiger charge is -2.08. The van der Waals surface area contributed by atoms with Gasteiger partial charge in [0.1, 0.15) is 5.75 Å². The molecule has 0 saturated carbocycles. The highest BCUT2D eigenvalue weighted by atomic mass is 19.4. The van der Waals surface area contributed by atoms with E-state index in [2.05, 4.69) is 4.74 Å². The monoisotopic (exact) mass is 332 g/mol. The first-order chi connectivity index (χ1) is 11.4. The second kappa shape index (κ2) is 6.51. The van der Waals surface area contributed by atoms with Crippen LogP contribution in [-0.4, -0.2) is 12.1 Å². The summed E-state index contributed by atoms with van der Waals surface area (Å²) in [5, 5.41) is 0. The molecule has 0 spiro atoms. The van der Waals surface area contributed by atoms with Gasteiger partial charge in [0, 0.05) is 5.56 Å². The van der Waals surface area contributed by atoms with Crippen LogP contribution in [-0.2, 0) is 12.8 Å². The van der Waals surface area contributed by atoms with E-state index < -0.39 is 6.36 Å². The fraction of sp³-hybridized carbons (Fsp3) is 0.211. The third-order valence-electron chi connectivity index (χ3n) is 3.92. The van der Waals surface area contributed by atoms with Crippen LogP contribution in [0.1, 0.15) is 33.5 Å². The highest BCUT2D eigenvalue weighted by Gasteiger charge is 2.30. The van der Waals surface area contributed by atoms with Gasteiger partial charge >= 0.3 is 6.36 Å². The minimum absolute atomic E-state index is 0.125. The number of benzene rings is 2. The molecule has 0 atom stereocenters. The van der Waals surface area contributed by atoms with Gasteiger partial charge in [0.2, 0.25) is 0 Å². The van der Waals surface area contributed by atoms with E-state index in [1.165, 1.54) is 41.5 Å². The van der Waals surface area contributed by atoms with Gasteiger partial charge in [-0.1, -0.05) is 30.3 Å². The number of allylic oxidation sites excluding steroid dienone is 1. The molecule has 2 nitrogen and oxygen atoms in total. The van der Waals surface area contributed by atoms with Gasteiger partial charge in [-0.2, -0.15) is 0 Å². The zero-order valence-corrected chi connectivity index (χ0v) is 12.8. The van der Waals surface area contributed by atoms with Crippen LogP contribution in [0.2, 0.25) is 0 Å². The van der Waals surface area contributed by atoms with Crippen molar-refractivity contribution in [1.29, 1.82) is 0 Å². The number of carbonyl (C=O) groups is 1. The molecule has 1 aliphatic rings. The van der Waals surface area contributed by atoms with Gasteiger partial charge in [-0.25, -0.2) is 0 Å². The maximum atomic E-state index is 12.2. The van der Waals surface area contributed by atoms with E-state index in [1.54, 1.807) is 6.08 Å². The molecule has 0 saturated heterocycles. The van der Waals surface area contributed by atoms with Gasteiger partial charge in [0.25, 0.3) is 0 Å². The maximum absolute atomic E-state index is 12.2. The Kier molecular flexibility index (Phi) is 4.42. The van der Waals surface area contributed by atoms with E-state index in [-0.39, 0.29) is 11.5 Å². The van der Waals surface area contributed by atoms with Crippen LogP contribution < -0.4 is 4.74 Å². The molecule has 24 heavy (non-hydrogen) atoms. The molecule has 0 radical (unpaired) electrons. The normalized spacial score (nSPS) is 14.0. The molecule has 0 amide bonds. The number of alkyl halides is 3. The van der Waals surface area contributed by atoms with Crippen LogP contribution >= 0.6 is 0 Å². The van der Waals surface area contributed by atoms with Crippen LogP contribution in [0.15, 0.2) is 48.5 Å². The van der Waals surface area contributed by atoms with Crippen molar-refractivity contribution in [2.75, 3.05) is 0 Å². The Morgan fingerprint density at radius 1 is 1.00 bits per heavy atom. The Morgan fingerprint density at radius 2 is 1.71 bits per heavy atom. The molecule has 124 valence electrons. The SMILES string of the molecule is O=C(C=Cc1ccc(OC(F)(F)F)cc1)c1ccc2c(c1)CCC2. The number of ether oxygens (including phenoxy) is 1. The van der Waals surface area contributed by atoms with Crippen molar-refractivity contribution in [3.05, 3.63) is 70.8 Å². The molecule has 0 N–H and O–H groups in total. The fourth-order valence-corrected chi connectivity index (χ4v) is 2.77. The van der Waals surface area contributed by atoms with Crippen molar-refractivity contribution in [3.8, 4) is 5.75 Å². The van der Waals surface area contributed by atoms with Crippen LogP contribution in [0.4, 0.5) is 13.2 Å². The van der Waals surface area contributed by atoms with E-state index in [0.29, 0.717) is 11.1 Å². The highest BCUT2D eigenvalue weighted by Crippen LogP contribution is 2.24. The molecule has 0 bridgehead atoms. The number of carbonyl (C=O) groups excluding carboxylic acids is 1. The summed E-state index contributed by atoms with van der Waals surface area (Å²) in [7, 11) is 0. The Balaban J connectivity index is 1.68. The summed E-state index contributed by atoms with van der Waals surface area (Å²) < 4.78 is 40.1. The molecule has 2 aromatic rings. The predicted octanol–water partition coefficient (Wildman–Crippen LogP) is 4.97. The molecule has 0 aliphatic heterocycles. The smallest absolute Gasteiger partial charge is 0.406 e. The van der Waals surface area contributed by atoms with Crippen molar-refractivity contribution >= 4 is 11.9 Å². The summed E-state index contributed by atoms with van der Waals surface area (Å²) in [5.41, 5.74) is 3.78. The van der Waals surface area contributed by atoms with Crippen molar-refractivity contribution < 1.29 is 22.7 Å². The number of fused-ring (bicyclic) bond motifs is 1. The summed E-state index contributed by atoms with van der Waals surface area (Å²) in [6.07, 6.45) is 1.48. The first-order valence-electron chi connectivity index (χ1n) is 7.61. The lowest BCUT2D eigenvalue weighted by Crippen LogP contribution is -2.16. The summed E-state index contributed by atoms with van der Waals surface area (Å²) in [5.74, 6) is -0.412. The molecule has 0 heterocycles. The van der Waals surface area contributed by atoms with Gasteiger partial charge in [0.15, 0.2) is 5.78 Å². The average Bonchev–Trinajstić information content (AvgIpc) is 3.00.